The van der Waals surface area contributed by atoms with E-state index in [0.29, 0.717) is 29.2 Å². The van der Waals surface area contributed by atoms with Gasteiger partial charge in [0, 0.05) is 35.8 Å². The highest BCUT2D eigenvalue weighted by atomic mass is 35.5. The van der Waals surface area contributed by atoms with Crippen LogP contribution in [-0.2, 0) is 20.0 Å². The molecule has 0 aliphatic rings. The molecule has 0 N–H and O–H groups in total. The topological polar surface area (TPSA) is 66.1 Å². The number of halogens is 1. The minimum absolute atomic E-state index is 0.0599. The minimum atomic E-state index is -0.170. The van der Waals surface area contributed by atoms with Gasteiger partial charge in [0.05, 0.1) is 25.0 Å². The molecule has 4 rings (SSSR count). The van der Waals surface area contributed by atoms with E-state index in [-0.39, 0.29) is 11.3 Å². The molecule has 0 fully saturated rings. The first-order valence-electron chi connectivity index (χ1n) is 10.5. The van der Waals surface area contributed by atoms with Crippen LogP contribution in [0, 0.1) is 6.92 Å². The van der Waals surface area contributed by atoms with Crippen molar-refractivity contribution in [1.82, 2.24) is 14.3 Å². The minimum Gasteiger partial charge on any atom is -0.497 e. The molecule has 0 spiro atoms. The average Bonchev–Trinajstić information content (AvgIpc) is 3.09. The van der Waals surface area contributed by atoms with Crippen LogP contribution in [0.15, 0.2) is 71.5 Å². The van der Waals surface area contributed by atoms with Gasteiger partial charge in [0.2, 0.25) is 5.78 Å². The lowest BCUT2D eigenvalue weighted by Crippen LogP contribution is -2.24. The Kier molecular flexibility index (Phi) is 6.47. The van der Waals surface area contributed by atoms with Crippen molar-refractivity contribution in [3.8, 4) is 5.75 Å². The molecule has 0 aliphatic carbocycles. The van der Waals surface area contributed by atoms with Crippen molar-refractivity contribution in [3.63, 3.8) is 0 Å². The Bertz CT molecular complexity index is 1350. The van der Waals surface area contributed by atoms with Crippen LogP contribution < -0.4 is 10.3 Å². The lowest BCUT2D eigenvalue weighted by atomic mass is 10.1. The van der Waals surface area contributed by atoms with Crippen molar-refractivity contribution < 1.29 is 9.53 Å². The summed E-state index contributed by atoms with van der Waals surface area (Å²) in [6, 6.07) is 19.7. The predicted octanol–water partition coefficient (Wildman–Crippen LogP) is 4.42. The molecule has 0 saturated heterocycles. The molecule has 6 nitrogen and oxygen atoms in total. The summed E-state index contributed by atoms with van der Waals surface area (Å²) in [6.07, 6.45) is 0.494. The quantitative estimate of drug-likeness (QED) is 0.382. The molecule has 0 saturated carbocycles. The maximum Gasteiger partial charge on any atom is 0.267 e. The van der Waals surface area contributed by atoms with Gasteiger partial charge in [0.1, 0.15) is 5.75 Å². The van der Waals surface area contributed by atoms with E-state index >= 15 is 0 Å². The molecule has 2 heterocycles. The Morgan fingerprint density at radius 3 is 2.39 bits per heavy atom. The van der Waals surface area contributed by atoms with Gasteiger partial charge < -0.3 is 9.30 Å². The number of nitrogens with zero attached hydrogens (tertiary/aromatic N) is 3. The Morgan fingerprint density at radius 1 is 1.03 bits per heavy atom. The molecule has 0 amide bonds. The number of ketones is 1. The van der Waals surface area contributed by atoms with E-state index < -0.39 is 0 Å². The number of benzene rings is 2. The molecule has 4 aromatic rings. The summed E-state index contributed by atoms with van der Waals surface area (Å²) in [4.78, 5) is 25.4. The standard InChI is InChI=1S/C26H24ClN3O3/c1-17-14-22(29(2)25(17)26(32)19-6-8-20(27)9-7-19)15-21-10-13-24(31)30(28-21)16-18-4-11-23(33-3)12-5-18/h4-14H,15-16H2,1-3H3. The average molecular weight is 462 g/mol. The zero-order chi connectivity index (χ0) is 23.5. The van der Waals surface area contributed by atoms with Gasteiger partial charge in [-0.1, -0.05) is 23.7 Å². The summed E-state index contributed by atoms with van der Waals surface area (Å²) in [7, 11) is 3.49. The number of carbonyl (C=O) groups excluding carboxylic acids is 1. The first-order chi connectivity index (χ1) is 15.9. The van der Waals surface area contributed by atoms with E-state index in [4.69, 9.17) is 16.3 Å². The second-order valence-corrected chi connectivity index (χ2v) is 8.34. The smallest absolute Gasteiger partial charge is 0.267 e. The second kappa shape index (κ2) is 9.46. The number of carbonyl (C=O) groups is 1. The van der Waals surface area contributed by atoms with Crippen LogP contribution in [0.2, 0.25) is 5.02 Å². The van der Waals surface area contributed by atoms with E-state index in [1.807, 2.05) is 48.9 Å². The molecule has 0 atom stereocenters. The third-order valence-corrected chi connectivity index (χ3v) is 5.87. The van der Waals surface area contributed by atoms with E-state index in [2.05, 4.69) is 5.10 Å². The molecule has 2 aromatic carbocycles. The van der Waals surface area contributed by atoms with Crippen molar-refractivity contribution in [1.29, 1.82) is 0 Å². The highest BCUT2D eigenvalue weighted by molar-refractivity contribution is 6.30. The summed E-state index contributed by atoms with van der Waals surface area (Å²) in [5.41, 5.74) is 4.56. The summed E-state index contributed by atoms with van der Waals surface area (Å²) >= 11 is 5.95. The Balaban J connectivity index is 1.58. The fourth-order valence-electron chi connectivity index (χ4n) is 3.85. The first-order valence-corrected chi connectivity index (χ1v) is 10.9. The molecule has 7 heteroatoms. The zero-order valence-electron chi connectivity index (χ0n) is 18.7. The van der Waals surface area contributed by atoms with Gasteiger partial charge >= 0.3 is 0 Å². The molecule has 0 unspecified atom stereocenters. The third kappa shape index (κ3) is 4.91. The molecule has 33 heavy (non-hydrogen) atoms. The fourth-order valence-corrected chi connectivity index (χ4v) is 3.98. The van der Waals surface area contributed by atoms with Crippen LogP contribution in [0.1, 0.15) is 38.6 Å². The number of hydrogen-bond acceptors (Lipinski definition) is 4. The molecule has 2 aromatic heterocycles. The van der Waals surface area contributed by atoms with Gasteiger partial charge in [-0.3, -0.25) is 9.59 Å². The maximum atomic E-state index is 13.1. The molecule has 0 aliphatic heterocycles. The van der Waals surface area contributed by atoms with Crippen LogP contribution in [0.4, 0.5) is 0 Å². The Morgan fingerprint density at radius 2 is 1.73 bits per heavy atom. The Hall–Kier alpha value is -3.64. The lowest BCUT2D eigenvalue weighted by Gasteiger charge is -2.10. The molecular formula is C26H24ClN3O3. The number of aromatic nitrogens is 3. The number of methoxy groups -OCH3 is 1. The lowest BCUT2D eigenvalue weighted by molar-refractivity contribution is 0.103. The molecule has 0 radical (unpaired) electrons. The molecule has 168 valence electrons. The number of aryl methyl sites for hydroxylation is 1. The number of rotatable bonds is 7. The number of ether oxygens (including phenoxy) is 1. The molecular weight excluding hydrogens is 438 g/mol. The second-order valence-electron chi connectivity index (χ2n) is 7.91. The van der Waals surface area contributed by atoms with Crippen molar-refractivity contribution in [2.45, 2.75) is 19.9 Å². The third-order valence-electron chi connectivity index (χ3n) is 5.62. The van der Waals surface area contributed by atoms with Gasteiger partial charge in [-0.05, 0) is 66.6 Å². The van der Waals surface area contributed by atoms with Crippen molar-refractivity contribution in [3.05, 3.63) is 116 Å². The molecule has 0 bridgehead atoms. The predicted molar refractivity (Wildman–Crippen MR) is 128 cm³/mol. The van der Waals surface area contributed by atoms with Gasteiger partial charge in [-0.2, -0.15) is 5.10 Å². The van der Waals surface area contributed by atoms with Crippen LogP contribution >= 0.6 is 11.6 Å². The van der Waals surface area contributed by atoms with Crippen molar-refractivity contribution >= 4 is 17.4 Å². The van der Waals surface area contributed by atoms with Gasteiger partial charge in [-0.15, -0.1) is 0 Å². The highest BCUT2D eigenvalue weighted by Gasteiger charge is 2.19. The van der Waals surface area contributed by atoms with E-state index in [1.54, 1.807) is 37.4 Å². The van der Waals surface area contributed by atoms with Gasteiger partial charge in [-0.25, -0.2) is 4.68 Å². The van der Waals surface area contributed by atoms with Crippen LogP contribution in [0.3, 0.4) is 0 Å². The van der Waals surface area contributed by atoms with Gasteiger partial charge in [0.25, 0.3) is 5.56 Å². The van der Waals surface area contributed by atoms with Crippen molar-refractivity contribution in [2.24, 2.45) is 7.05 Å². The summed E-state index contributed by atoms with van der Waals surface area (Å²) in [6.45, 7) is 2.29. The van der Waals surface area contributed by atoms with Crippen LogP contribution in [0.25, 0.3) is 0 Å². The van der Waals surface area contributed by atoms with E-state index in [1.165, 1.54) is 10.7 Å². The highest BCUT2D eigenvalue weighted by Crippen LogP contribution is 2.21. The maximum absolute atomic E-state index is 13.1. The summed E-state index contributed by atoms with van der Waals surface area (Å²) < 4.78 is 8.53. The normalized spacial score (nSPS) is 10.9. The SMILES string of the molecule is COc1ccc(Cn2nc(Cc3cc(C)c(C(=O)c4ccc(Cl)cc4)n3C)ccc2=O)cc1. The largest absolute Gasteiger partial charge is 0.497 e. The van der Waals surface area contributed by atoms with Crippen LogP contribution in [-0.4, -0.2) is 27.2 Å². The Labute approximate surface area is 197 Å². The fraction of sp³-hybridized carbons (Fsp3) is 0.192. The van der Waals surface area contributed by atoms with Gasteiger partial charge in [0.15, 0.2) is 0 Å². The van der Waals surface area contributed by atoms with E-state index in [0.717, 1.165) is 28.3 Å². The van der Waals surface area contributed by atoms with E-state index in [9.17, 15) is 9.59 Å². The monoisotopic (exact) mass is 461 g/mol. The number of hydrogen-bond donors (Lipinski definition) is 0. The summed E-state index contributed by atoms with van der Waals surface area (Å²) in [5, 5.41) is 5.15. The van der Waals surface area contributed by atoms with Crippen molar-refractivity contribution in [2.75, 3.05) is 7.11 Å². The summed E-state index contributed by atoms with van der Waals surface area (Å²) in [5.74, 6) is 0.700. The van der Waals surface area contributed by atoms with Crippen LogP contribution in [0.5, 0.6) is 5.75 Å². The zero-order valence-corrected chi connectivity index (χ0v) is 19.5. The first kappa shape index (κ1) is 22.6.